The molecule has 0 unspecified atom stereocenters. The third kappa shape index (κ3) is 4.31. The average Bonchev–Trinajstić information content (AvgIpc) is 3.06. The van der Waals surface area contributed by atoms with Crippen molar-refractivity contribution in [2.24, 2.45) is 0 Å². The first-order valence-electron chi connectivity index (χ1n) is 10.6. The van der Waals surface area contributed by atoms with Gasteiger partial charge >= 0.3 is 5.97 Å². The summed E-state index contributed by atoms with van der Waals surface area (Å²) >= 11 is 0. The molecule has 1 aliphatic carbocycles. The Morgan fingerprint density at radius 2 is 1.69 bits per heavy atom. The Morgan fingerprint density at radius 1 is 1.07 bits per heavy atom. The molecule has 1 aromatic carbocycles. The van der Waals surface area contributed by atoms with Gasteiger partial charge in [0.1, 0.15) is 0 Å². The second kappa shape index (κ2) is 7.81. The summed E-state index contributed by atoms with van der Waals surface area (Å²) in [5.41, 5.74) is 6.09. The van der Waals surface area contributed by atoms with Crippen molar-refractivity contribution < 1.29 is 14.3 Å². The Bertz CT molecular complexity index is 890. The minimum Gasteiger partial charge on any atom is -0.463 e. The number of anilines is 1. The molecule has 0 N–H and O–H groups in total. The number of allylic oxidation sites excluding steroid dienone is 2. The first-order valence-corrected chi connectivity index (χ1v) is 10.6. The maximum absolute atomic E-state index is 12.9. The van der Waals surface area contributed by atoms with Crippen molar-refractivity contribution in [2.75, 3.05) is 18.1 Å². The number of nitrogens with zero attached hydrogens (tertiary/aromatic N) is 1. The Balaban J connectivity index is 1.87. The van der Waals surface area contributed by atoms with Gasteiger partial charge in [-0.05, 0) is 72.3 Å². The summed E-state index contributed by atoms with van der Waals surface area (Å²) < 4.78 is 4.91. The van der Waals surface area contributed by atoms with Crippen molar-refractivity contribution >= 4 is 17.6 Å². The van der Waals surface area contributed by atoms with Gasteiger partial charge in [-0.1, -0.05) is 39.8 Å². The van der Waals surface area contributed by atoms with E-state index in [1.54, 1.807) is 26.0 Å². The van der Waals surface area contributed by atoms with Crippen LogP contribution in [-0.4, -0.2) is 25.0 Å². The van der Waals surface area contributed by atoms with Gasteiger partial charge < -0.3 is 9.64 Å². The summed E-state index contributed by atoms with van der Waals surface area (Å²) in [6, 6.07) is 4.60. The van der Waals surface area contributed by atoms with Crippen LogP contribution in [0.25, 0.3) is 0 Å². The lowest BCUT2D eigenvalue weighted by atomic mass is 9.63. The van der Waals surface area contributed by atoms with Crippen LogP contribution < -0.4 is 4.90 Å². The van der Waals surface area contributed by atoms with E-state index in [4.69, 9.17) is 4.74 Å². The van der Waals surface area contributed by atoms with Gasteiger partial charge in [0.25, 0.3) is 5.91 Å². The zero-order valence-corrected chi connectivity index (χ0v) is 18.6. The predicted octanol–water partition coefficient (Wildman–Crippen LogP) is 4.99. The molecule has 0 radical (unpaired) electrons. The first-order chi connectivity index (χ1) is 13.5. The molecule has 29 heavy (non-hydrogen) atoms. The molecule has 0 aromatic heterocycles. The summed E-state index contributed by atoms with van der Waals surface area (Å²) in [5, 5.41) is 0. The van der Waals surface area contributed by atoms with Crippen LogP contribution in [0.5, 0.6) is 0 Å². The molecule has 4 nitrogen and oxygen atoms in total. The van der Waals surface area contributed by atoms with Crippen molar-refractivity contribution in [3.05, 3.63) is 52.6 Å². The summed E-state index contributed by atoms with van der Waals surface area (Å²) in [5.74, 6) is -0.432. The van der Waals surface area contributed by atoms with Gasteiger partial charge in [-0.3, -0.25) is 4.79 Å². The van der Waals surface area contributed by atoms with Gasteiger partial charge in [0, 0.05) is 24.4 Å². The highest BCUT2D eigenvalue weighted by Crippen LogP contribution is 2.48. The molecule has 1 aromatic rings. The quantitative estimate of drug-likeness (QED) is 0.410. The van der Waals surface area contributed by atoms with Crippen molar-refractivity contribution in [1.29, 1.82) is 0 Å². The standard InChI is InChI=1S/C25H33NO3/c1-7-29-23(28)14-17(2)8-9-22(27)26-13-10-18-15-19-20(16-21(18)26)25(5,6)12-11-24(19,3)4/h8-9,14-16H,7,10-13H2,1-6H3. The third-order valence-corrected chi connectivity index (χ3v) is 6.33. The molecule has 3 rings (SSSR count). The number of hydrogen-bond donors (Lipinski definition) is 0. The van der Waals surface area contributed by atoms with Crippen LogP contribution in [0.4, 0.5) is 5.69 Å². The van der Waals surface area contributed by atoms with Crippen LogP contribution in [-0.2, 0) is 31.6 Å². The number of carbonyl (C=O) groups excluding carboxylic acids is 2. The lowest BCUT2D eigenvalue weighted by molar-refractivity contribution is -0.137. The number of benzene rings is 1. The number of amides is 1. The molecule has 0 spiro atoms. The van der Waals surface area contributed by atoms with E-state index < -0.39 is 0 Å². The molecule has 0 atom stereocenters. The molecule has 156 valence electrons. The van der Waals surface area contributed by atoms with Crippen LogP contribution in [0.2, 0.25) is 0 Å². The fraction of sp³-hybridized carbons (Fsp3) is 0.520. The summed E-state index contributed by atoms with van der Waals surface area (Å²) in [6.07, 6.45) is 7.86. The van der Waals surface area contributed by atoms with Gasteiger partial charge in [0.05, 0.1) is 6.61 Å². The van der Waals surface area contributed by atoms with Gasteiger partial charge in [0.2, 0.25) is 0 Å². The van der Waals surface area contributed by atoms with Crippen molar-refractivity contribution in [3.8, 4) is 0 Å². The normalized spacial score (nSPS) is 19.8. The molecule has 0 saturated carbocycles. The second-order valence-electron chi connectivity index (χ2n) is 9.51. The molecule has 0 saturated heterocycles. The van der Waals surface area contributed by atoms with E-state index in [9.17, 15) is 9.59 Å². The molecule has 1 amide bonds. The number of carbonyl (C=O) groups is 2. The topological polar surface area (TPSA) is 46.6 Å². The minimum atomic E-state index is -0.384. The van der Waals surface area contributed by atoms with Gasteiger partial charge in [-0.2, -0.15) is 0 Å². The zero-order chi connectivity index (χ0) is 21.4. The van der Waals surface area contributed by atoms with Crippen LogP contribution in [0.3, 0.4) is 0 Å². The number of ether oxygens (including phenoxy) is 1. The Labute approximate surface area is 174 Å². The van der Waals surface area contributed by atoms with Gasteiger partial charge in [-0.25, -0.2) is 4.79 Å². The van der Waals surface area contributed by atoms with E-state index in [0.717, 1.165) is 18.5 Å². The fourth-order valence-corrected chi connectivity index (χ4v) is 4.39. The lowest BCUT2D eigenvalue weighted by Crippen LogP contribution is -2.34. The van der Waals surface area contributed by atoms with Crippen LogP contribution in [0.1, 0.15) is 71.1 Å². The number of hydrogen-bond acceptors (Lipinski definition) is 3. The van der Waals surface area contributed by atoms with Gasteiger partial charge in [-0.15, -0.1) is 0 Å². The third-order valence-electron chi connectivity index (χ3n) is 6.33. The molecule has 1 heterocycles. The zero-order valence-electron chi connectivity index (χ0n) is 18.6. The SMILES string of the molecule is CCOC(=O)C=C(C)C=CC(=O)N1CCc2cc3c(cc21)C(C)(C)CCC3(C)C. The van der Waals surface area contributed by atoms with Gasteiger partial charge in [0.15, 0.2) is 0 Å². The summed E-state index contributed by atoms with van der Waals surface area (Å²) in [7, 11) is 0. The highest BCUT2D eigenvalue weighted by Gasteiger charge is 2.39. The molecule has 0 fully saturated rings. The van der Waals surface area contributed by atoms with Crippen LogP contribution in [0.15, 0.2) is 35.9 Å². The van der Waals surface area contributed by atoms with Crippen molar-refractivity contribution in [1.82, 2.24) is 0 Å². The predicted molar refractivity (Wildman–Crippen MR) is 117 cm³/mol. The second-order valence-corrected chi connectivity index (χ2v) is 9.51. The monoisotopic (exact) mass is 395 g/mol. The fourth-order valence-electron chi connectivity index (χ4n) is 4.39. The molecule has 0 bridgehead atoms. The number of esters is 1. The van der Waals surface area contributed by atoms with E-state index >= 15 is 0 Å². The van der Waals surface area contributed by atoms with E-state index in [1.165, 1.54) is 29.2 Å². The van der Waals surface area contributed by atoms with E-state index in [1.807, 2.05) is 4.90 Å². The lowest BCUT2D eigenvalue weighted by Gasteiger charge is -2.42. The van der Waals surface area contributed by atoms with Crippen LogP contribution in [0, 0.1) is 0 Å². The van der Waals surface area contributed by atoms with Crippen molar-refractivity contribution in [2.45, 2.75) is 71.6 Å². The number of fused-ring (bicyclic) bond motifs is 2. The van der Waals surface area contributed by atoms with E-state index in [-0.39, 0.29) is 22.7 Å². The largest absolute Gasteiger partial charge is 0.463 e. The molecule has 1 aliphatic heterocycles. The summed E-state index contributed by atoms with van der Waals surface area (Å²) in [6.45, 7) is 13.9. The highest BCUT2D eigenvalue weighted by molar-refractivity contribution is 6.03. The first kappa shape index (κ1) is 21.4. The maximum atomic E-state index is 12.9. The van der Waals surface area contributed by atoms with Crippen LogP contribution >= 0.6 is 0 Å². The maximum Gasteiger partial charge on any atom is 0.330 e. The molecule has 4 heteroatoms. The highest BCUT2D eigenvalue weighted by atomic mass is 16.5. The van der Waals surface area contributed by atoms with E-state index in [0.29, 0.717) is 18.7 Å². The number of rotatable bonds is 4. The Morgan fingerprint density at radius 3 is 2.31 bits per heavy atom. The smallest absolute Gasteiger partial charge is 0.330 e. The Hall–Kier alpha value is -2.36. The van der Waals surface area contributed by atoms with E-state index in [2.05, 4.69) is 39.8 Å². The summed E-state index contributed by atoms with van der Waals surface area (Å²) in [4.78, 5) is 26.3. The Kier molecular flexibility index (Phi) is 5.75. The molecular weight excluding hydrogens is 362 g/mol. The van der Waals surface area contributed by atoms with Crippen molar-refractivity contribution in [3.63, 3.8) is 0 Å². The minimum absolute atomic E-state index is 0.0480. The molecular formula is C25H33NO3. The average molecular weight is 396 g/mol. The molecule has 2 aliphatic rings.